The standard InChI is InChI=1S/C25H30N6O8S/c1-27-40(36,37)18-8-6-17(7-9-18)20-16-28-23(26)22(29-20)24(33)30-19-4-2-3-5-21(19)39-15-14-38-13-11-31(10-12-32)25(34)35/h2-9,16,27,32H,10-15H2,1H3,(H2,26,28)(H,30,33)(H,34,35). The summed E-state index contributed by atoms with van der Waals surface area (Å²) in [6.45, 7) is 0.212. The fourth-order valence-electron chi connectivity index (χ4n) is 3.42. The Bertz CT molecular complexity index is 1420. The normalized spacial score (nSPS) is 11.2. The SMILES string of the molecule is CNS(=O)(=O)c1ccc(-c2cnc(N)c(C(=O)Nc3ccccc3OCCOCCN(CCO)C(=O)O)n2)cc1. The largest absolute Gasteiger partial charge is 0.489 e. The number of rotatable bonds is 14. The zero-order valence-electron chi connectivity index (χ0n) is 21.6. The number of hydrogen-bond donors (Lipinski definition) is 5. The van der Waals surface area contributed by atoms with Gasteiger partial charge in [0, 0.05) is 18.7 Å². The van der Waals surface area contributed by atoms with E-state index < -0.39 is 22.0 Å². The third-order valence-electron chi connectivity index (χ3n) is 5.51. The summed E-state index contributed by atoms with van der Waals surface area (Å²) in [7, 11) is -2.29. The van der Waals surface area contributed by atoms with Crippen LogP contribution in [0.15, 0.2) is 59.6 Å². The predicted octanol–water partition coefficient (Wildman–Crippen LogP) is 1.25. The number of sulfonamides is 1. The van der Waals surface area contributed by atoms with Crippen LogP contribution in [-0.2, 0) is 14.8 Å². The molecule has 0 aliphatic carbocycles. The zero-order chi connectivity index (χ0) is 29.1. The van der Waals surface area contributed by atoms with Crippen molar-refractivity contribution in [2.75, 3.05) is 57.6 Å². The average Bonchev–Trinajstić information content (AvgIpc) is 2.95. The maximum Gasteiger partial charge on any atom is 0.407 e. The first kappa shape index (κ1) is 30.2. The molecule has 0 radical (unpaired) electrons. The summed E-state index contributed by atoms with van der Waals surface area (Å²) < 4.78 is 37.3. The summed E-state index contributed by atoms with van der Waals surface area (Å²) in [5, 5.41) is 20.6. The molecule has 0 aliphatic rings. The number of aliphatic hydroxyl groups excluding tert-OH is 1. The molecule has 214 valence electrons. The van der Waals surface area contributed by atoms with E-state index in [2.05, 4.69) is 20.0 Å². The van der Waals surface area contributed by atoms with Crippen molar-refractivity contribution in [1.82, 2.24) is 19.6 Å². The quantitative estimate of drug-likeness (QED) is 0.173. The van der Waals surface area contributed by atoms with Gasteiger partial charge in [-0.25, -0.2) is 27.9 Å². The number of aromatic nitrogens is 2. The molecule has 14 nitrogen and oxygen atoms in total. The van der Waals surface area contributed by atoms with Crippen molar-refractivity contribution in [3.05, 3.63) is 60.4 Å². The number of nitrogens with zero attached hydrogens (tertiary/aromatic N) is 3. The number of amides is 2. The molecule has 0 bridgehead atoms. The molecule has 6 N–H and O–H groups in total. The van der Waals surface area contributed by atoms with Crippen molar-refractivity contribution in [2.45, 2.75) is 4.90 Å². The van der Waals surface area contributed by atoms with E-state index in [9.17, 15) is 18.0 Å². The molecule has 1 heterocycles. The van der Waals surface area contributed by atoms with E-state index in [1.807, 2.05) is 0 Å². The Morgan fingerprint density at radius 2 is 1.77 bits per heavy atom. The van der Waals surface area contributed by atoms with Gasteiger partial charge in [0.1, 0.15) is 12.4 Å². The third-order valence-corrected chi connectivity index (χ3v) is 6.94. The number of carboxylic acid groups (broad SMARTS) is 1. The molecular formula is C25H30N6O8S. The first-order chi connectivity index (χ1) is 19.2. The fourth-order valence-corrected chi connectivity index (χ4v) is 4.15. The van der Waals surface area contributed by atoms with Crippen molar-refractivity contribution >= 4 is 33.5 Å². The molecule has 0 unspecified atom stereocenters. The van der Waals surface area contributed by atoms with Crippen LogP contribution in [0.4, 0.5) is 16.3 Å². The highest BCUT2D eigenvalue weighted by molar-refractivity contribution is 7.89. The first-order valence-electron chi connectivity index (χ1n) is 12.0. The van der Waals surface area contributed by atoms with Crippen molar-refractivity contribution < 1.29 is 37.7 Å². The Morgan fingerprint density at radius 1 is 1.05 bits per heavy atom. The minimum Gasteiger partial charge on any atom is -0.489 e. The number of carbonyl (C=O) groups excluding carboxylic acids is 1. The molecule has 0 aliphatic heterocycles. The Hall–Kier alpha value is -4.31. The molecule has 3 rings (SSSR count). The van der Waals surface area contributed by atoms with Crippen LogP contribution >= 0.6 is 0 Å². The lowest BCUT2D eigenvalue weighted by Gasteiger charge is -2.18. The van der Waals surface area contributed by atoms with E-state index in [-0.39, 0.29) is 55.9 Å². The van der Waals surface area contributed by atoms with Gasteiger partial charge < -0.3 is 35.6 Å². The van der Waals surface area contributed by atoms with Crippen LogP contribution in [0, 0.1) is 0 Å². The lowest BCUT2D eigenvalue weighted by atomic mass is 10.1. The van der Waals surface area contributed by atoms with Gasteiger partial charge in [0.15, 0.2) is 11.5 Å². The predicted molar refractivity (Wildman–Crippen MR) is 146 cm³/mol. The lowest BCUT2D eigenvalue weighted by Crippen LogP contribution is -2.35. The van der Waals surface area contributed by atoms with Gasteiger partial charge >= 0.3 is 6.09 Å². The van der Waals surface area contributed by atoms with Gasteiger partial charge in [-0.05, 0) is 31.3 Å². The van der Waals surface area contributed by atoms with E-state index in [1.165, 1.54) is 25.4 Å². The molecule has 2 aromatic carbocycles. The summed E-state index contributed by atoms with van der Waals surface area (Å²) in [4.78, 5) is 33.6. The summed E-state index contributed by atoms with van der Waals surface area (Å²) in [5.74, 6) is -0.374. The van der Waals surface area contributed by atoms with Gasteiger partial charge in [-0.2, -0.15) is 0 Å². The van der Waals surface area contributed by atoms with Crippen molar-refractivity contribution in [3.63, 3.8) is 0 Å². The summed E-state index contributed by atoms with van der Waals surface area (Å²) in [6.07, 6.45) is 0.233. The van der Waals surface area contributed by atoms with Crippen LogP contribution in [0.2, 0.25) is 0 Å². The van der Waals surface area contributed by atoms with Gasteiger partial charge in [-0.15, -0.1) is 0 Å². The maximum atomic E-state index is 13.1. The number of benzene rings is 2. The Balaban J connectivity index is 1.63. The highest BCUT2D eigenvalue weighted by atomic mass is 32.2. The van der Waals surface area contributed by atoms with Crippen LogP contribution in [0.25, 0.3) is 11.3 Å². The van der Waals surface area contributed by atoms with E-state index in [1.54, 1.807) is 36.4 Å². The Morgan fingerprint density at radius 3 is 2.45 bits per heavy atom. The van der Waals surface area contributed by atoms with Crippen molar-refractivity contribution in [3.8, 4) is 17.0 Å². The average molecular weight is 575 g/mol. The number of nitrogens with two attached hydrogens (primary N) is 1. The van der Waals surface area contributed by atoms with Gasteiger partial charge in [0.25, 0.3) is 5.91 Å². The molecule has 0 atom stereocenters. The number of nitrogen functional groups attached to an aromatic ring is 1. The second-order valence-electron chi connectivity index (χ2n) is 8.13. The van der Waals surface area contributed by atoms with Gasteiger partial charge in [0.2, 0.25) is 10.0 Å². The number of para-hydroxylation sites is 2. The minimum atomic E-state index is -3.61. The maximum absolute atomic E-state index is 13.1. The van der Waals surface area contributed by atoms with Crippen molar-refractivity contribution in [2.24, 2.45) is 0 Å². The highest BCUT2D eigenvalue weighted by Gasteiger charge is 2.18. The molecular weight excluding hydrogens is 544 g/mol. The summed E-state index contributed by atoms with van der Waals surface area (Å²) in [6, 6.07) is 12.6. The second-order valence-corrected chi connectivity index (χ2v) is 10.0. The highest BCUT2D eigenvalue weighted by Crippen LogP contribution is 2.26. The Labute approximate surface area is 230 Å². The van der Waals surface area contributed by atoms with Crippen molar-refractivity contribution in [1.29, 1.82) is 0 Å². The van der Waals surface area contributed by atoms with E-state index >= 15 is 0 Å². The monoisotopic (exact) mass is 574 g/mol. The number of anilines is 2. The molecule has 2 amide bonds. The van der Waals surface area contributed by atoms with Crippen LogP contribution in [0.5, 0.6) is 5.75 Å². The second kappa shape index (κ2) is 14.2. The summed E-state index contributed by atoms with van der Waals surface area (Å²) in [5.41, 5.74) is 6.98. The number of nitrogens with one attached hydrogen (secondary N) is 2. The van der Waals surface area contributed by atoms with Crippen LogP contribution in [-0.4, -0.2) is 92.1 Å². The smallest absolute Gasteiger partial charge is 0.407 e. The van der Waals surface area contributed by atoms with Crippen LogP contribution < -0.4 is 20.5 Å². The first-order valence-corrected chi connectivity index (χ1v) is 13.5. The molecule has 0 fully saturated rings. The lowest BCUT2D eigenvalue weighted by molar-refractivity contribution is 0.0717. The van der Waals surface area contributed by atoms with Gasteiger partial charge in [0.05, 0.1) is 42.3 Å². The molecule has 1 aromatic heterocycles. The molecule has 0 saturated carbocycles. The van der Waals surface area contributed by atoms with Crippen LogP contribution in [0.1, 0.15) is 10.5 Å². The number of aliphatic hydroxyl groups is 1. The summed E-state index contributed by atoms with van der Waals surface area (Å²) >= 11 is 0. The number of ether oxygens (including phenoxy) is 2. The van der Waals surface area contributed by atoms with Gasteiger partial charge in [-0.1, -0.05) is 24.3 Å². The molecule has 0 spiro atoms. The molecule has 3 aromatic rings. The van der Waals surface area contributed by atoms with Gasteiger partial charge in [-0.3, -0.25) is 4.79 Å². The molecule has 15 heteroatoms. The van der Waals surface area contributed by atoms with Crippen LogP contribution in [0.3, 0.4) is 0 Å². The topological polar surface area (TPSA) is 206 Å². The zero-order valence-corrected chi connectivity index (χ0v) is 22.4. The van der Waals surface area contributed by atoms with E-state index in [0.717, 1.165) is 4.90 Å². The number of hydrogen-bond acceptors (Lipinski definition) is 10. The fraction of sp³-hybridized carbons (Fsp3) is 0.280. The van der Waals surface area contributed by atoms with E-state index in [0.29, 0.717) is 22.7 Å². The number of carbonyl (C=O) groups is 2. The minimum absolute atomic E-state index is 0.00660. The van der Waals surface area contributed by atoms with E-state index in [4.69, 9.17) is 25.4 Å². The molecule has 40 heavy (non-hydrogen) atoms. The Kier molecular flexibility index (Phi) is 10.7. The third kappa shape index (κ3) is 8.09. The molecule has 0 saturated heterocycles.